The minimum atomic E-state index is -0.0406. The van der Waals surface area contributed by atoms with Crippen LogP contribution in [0.25, 0.3) is 0 Å². The van der Waals surface area contributed by atoms with Crippen LogP contribution in [0.15, 0.2) is 0 Å². The van der Waals surface area contributed by atoms with Crippen molar-refractivity contribution in [3.05, 3.63) is 5.01 Å². The number of amides is 2. The lowest BCUT2D eigenvalue weighted by Crippen LogP contribution is -2.51. The van der Waals surface area contributed by atoms with E-state index in [4.69, 9.17) is 0 Å². The number of carbonyl (C=O) groups is 1. The second kappa shape index (κ2) is 8.06. The third-order valence-corrected chi connectivity index (χ3v) is 5.87. The Labute approximate surface area is 142 Å². The number of nitrogens with zero attached hydrogens (tertiary/aromatic N) is 4. The van der Waals surface area contributed by atoms with E-state index in [-0.39, 0.29) is 6.03 Å². The van der Waals surface area contributed by atoms with Gasteiger partial charge in [-0.3, -0.25) is 10.2 Å². The summed E-state index contributed by atoms with van der Waals surface area (Å²) in [5.41, 5.74) is 0. The minimum absolute atomic E-state index is 0.0406. The van der Waals surface area contributed by atoms with E-state index in [2.05, 4.69) is 20.4 Å². The zero-order valence-electron chi connectivity index (χ0n) is 14.0. The fraction of sp³-hybridized carbons (Fsp3) is 0.812. The topological polar surface area (TPSA) is 61.4 Å². The van der Waals surface area contributed by atoms with Gasteiger partial charge in [0.15, 0.2) is 0 Å². The summed E-state index contributed by atoms with van der Waals surface area (Å²) in [5, 5.41) is 12.5. The molecule has 2 aliphatic rings. The van der Waals surface area contributed by atoms with Gasteiger partial charge in [-0.1, -0.05) is 37.5 Å². The molecule has 2 fully saturated rings. The van der Waals surface area contributed by atoms with Crippen LogP contribution in [-0.4, -0.2) is 58.8 Å². The second-order valence-corrected chi connectivity index (χ2v) is 7.64. The van der Waals surface area contributed by atoms with Crippen molar-refractivity contribution in [2.24, 2.45) is 5.92 Å². The summed E-state index contributed by atoms with van der Waals surface area (Å²) >= 11 is 1.46. The summed E-state index contributed by atoms with van der Waals surface area (Å²) < 4.78 is 0. The quantitative estimate of drug-likeness (QED) is 0.918. The van der Waals surface area contributed by atoms with Crippen molar-refractivity contribution in [3.63, 3.8) is 0 Å². The molecule has 7 heteroatoms. The first-order chi connectivity index (χ1) is 11.2. The fourth-order valence-electron chi connectivity index (χ4n) is 3.49. The molecule has 0 spiro atoms. The van der Waals surface area contributed by atoms with Crippen LogP contribution < -0.4 is 5.32 Å². The minimum Gasteiger partial charge on any atom is -0.322 e. The van der Waals surface area contributed by atoms with Crippen LogP contribution in [0.4, 0.5) is 9.93 Å². The van der Waals surface area contributed by atoms with Crippen molar-refractivity contribution in [3.8, 4) is 0 Å². The number of nitrogens with one attached hydrogen (secondary N) is 1. The Hall–Kier alpha value is -1.21. The van der Waals surface area contributed by atoms with Gasteiger partial charge in [-0.05, 0) is 25.2 Å². The van der Waals surface area contributed by atoms with Crippen LogP contribution in [0.5, 0.6) is 0 Å². The lowest BCUT2D eigenvalue weighted by Gasteiger charge is -2.37. The monoisotopic (exact) mass is 337 g/mol. The Kier molecular flexibility index (Phi) is 5.83. The second-order valence-electron chi connectivity index (χ2n) is 6.58. The Morgan fingerprint density at radius 3 is 2.57 bits per heavy atom. The largest absolute Gasteiger partial charge is 0.323 e. The molecule has 0 bridgehead atoms. The predicted molar refractivity (Wildman–Crippen MR) is 92.9 cm³/mol. The number of carbonyl (C=O) groups excluding carboxylic acids is 1. The van der Waals surface area contributed by atoms with Gasteiger partial charge in [-0.25, -0.2) is 4.79 Å². The average molecular weight is 337 g/mol. The van der Waals surface area contributed by atoms with E-state index >= 15 is 0 Å². The highest BCUT2D eigenvalue weighted by atomic mass is 32.1. The van der Waals surface area contributed by atoms with Gasteiger partial charge in [0, 0.05) is 32.7 Å². The number of rotatable bonds is 4. The van der Waals surface area contributed by atoms with Crippen molar-refractivity contribution in [2.45, 2.75) is 45.4 Å². The molecular weight excluding hydrogens is 310 g/mol. The maximum absolute atomic E-state index is 12.3. The van der Waals surface area contributed by atoms with E-state index in [9.17, 15) is 4.79 Å². The molecular formula is C16H27N5OS. The average Bonchev–Trinajstić information content (AvgIpc) is 3.04. The molecule has 1 N–H and O–H groups in total. The summed E-state index contributed by atoms with van der Waals surface area (Å²) in [4.78, 5) is 16.7. The van der Waals surface area contributed by atoms with E-state index < -0.39 is 0 Å². The molecule has 0 aromatic carbocycles. The van der Waals surface area contributed by atoms with E-state index in [0.717, 1.165) is 43.5 Å². The number of aryl methyl sites for hydroxylation is 1. The molecule has 0 atom stereocenters. The lowest BCUT2D eigenvalue weighted by molar-refractivity contribution is 0.125. The van der Waals surface area contributed by atoms with Gasteiger partial charge in [0.25, 0.3) is 0 Å². The summed E-state index contributed by atoms with van der Waals surface area (Å²) in [7, 11) is 0. The summed E-state index contributed by atoms with van der Waals surface area (Å²) in [6.07, 6.45) is 7.83. The summed E-state index contributed by atoms with van der Waals surface area (Å²) in [6.45, 7) is 6.83. The molecule has 0 radical (unpaired) electrons. The van der Waals surface area contributed by atoms with Crippen molar-refractivity contribution in [1.82, 2.24) is 20.0 Å². The third-order valence-electron chi connectivity index (χ3n) is 4.88. The molecule has 23 heavy (non-hydrogen) atoms. The van der Waals surface area contributed by atoms with E-state index in [1.54, 1.807) is 0 Å². The Balaban J connectivity index is 1.41. The Morgan fingerprint density at radius 2 is 1.91 bits per heavy atom. The Bertz CT molecular complexity index is 506. The lowest BCUT2D eigenvalue weighted by atomic mass is 9.89. The summed E-state index contributed by atoms with van der Waals surface area (Å²) in [6, 6.07) is -0.0406. The highest BCUT2D eigenvalue weighted by Crippen LogP contribution is 2.24. The van der Waals surface area contributed by atoms with Gasteiger partial charge in [0.1, 0.15) is 5.01 Å². The smallest absolute Gasteiger partial charge is 0.322 e. The maximum atomic E-state index is 12.3. The van der Waals surface area contributed by atoms with Gasteiger partial charge in [-0.2, -0.15) is 0 Å². The van der Waals surface area contributed by atoms with Crippen LogP contribution in [0.1, 0.15) is 44.0 Å². The van der Waals surface area contributed by atoms with Crippen molar-refractivity contribution in [1.29, 1.82) is 0 Å². The van der Waals surface area contributed by atoms with Crippen LogP contribution in [-0.2, 0) is 6.42 Å². The standard InChI is InChI=1S/C16H27N5OS/c1-2-14-18-19-15(23-14)17-16(22)21-10-8-20(9-11-21)12-13-6-4-3-5-7-13/h13H,2-12H2,1H3,(H,17,19,22). The molecule has 1 aliphatic heterocycles. The highest BCUT2D eigenvalue weighted by molar-refractivity contribution is 7.15. The first kappa shape index (κ1) is 16.6. The zero-order valence-corrected chi connectivity index (χ0v) is 14.8. The first-order valence-corrected chi connectivity index (χ1v) is 9.67. The molecule has 128 valence electrons. The molecule has 1 aromatic rings. The SMILES string of the molecule is CCc1nnc(NC(=O)N2CCN(CC3CCCCC3)CC2)s1. The fourth-order valence-corrected chi connectivity index (χ4v) is 4.16. The summed E-state index contributed by atoms with van der Waals surface area (Å²) in [5.74, 6) is 0.873. The maximum Gasteiger partial charge on any atom is 0.323 e. The number of hydrogen-bond acceptors (Lipinski definition) is 5. The number of urea groups is 1. The molecule has 1 aliphatic carbocycles. The number of hydrogen-bond donors (Lipinski definition) is 1. The molecule has 0 unspecified atom stereocenters. The van der Waals surface area contributed by atoms with E-state index in [1.165, 1.54) is 50.0 Å². The molecule has 1 saturated heterocycles. The van der Waals surface area contributed by atoms with Gasteiger partial charge in [-0.15, -0.1) is 10.2 Å². The van der Waals surface area contributed by atoms with E-state index in [0.29, 0.717) is 5.13 Å². The number of aromatic nitrogens is 2. The predicted octanol–water partition coefficient (Wildman–Crippen LogP) is 2.83. The normalized spacial score (nSPS) is 20.7. The van der Waals surface area contributed by atoms with Gasteiger partial charge >= 0.3 is 6.03 Å². The molecule has 2 amide bonds. The molecule has 1 aromatic heterocycles. The Morgan fingerprint density at radius 1 is 1.17 bits per heavy atom. The van der Waals surface area contributed by atoms with Crippen molar-refractivity contribution in [2.75, 3.05) is 38.0 Å². The zero-order chi connectivity index (χ0) is 16.1. The molecule has 6 nitrogen and oxygen atoms in total. The van der Waals surface area contributed by atoms with E-state index in [1.807, 2.05) is 11.8 Å². The molecule has 1 saturated carbocycles. The third kappa shape index (κ3) is 4.64. The van der Waals surface area contributed by atoms with Gasteiger partial charge in [0.05, 0.1) is 0 Å². The molecule has 3 rings (SSSR count). The van der Waals surface area contributed by atoms with Crippen LogP contribution in [0.2, 0.25) is 0 Å². The van der Waals surface area contributed by atoms with Crippen molar-refractivity contribution < 1.29 is 4.79 Å². The highest BCUT2D eigenvalue weighted by Gasteiger charge is 2.24. The van der Waals surface area contributed by atoms with Crippen LogP contribution >= 0.6 is 11.3 Å². The molecule has 2 heterocycles. The van der Waals surface area contributed by atoms with Crippen molar-refractivity contribution >= 4 is 22.5 Å². The number of piperazine rings is 1. The van der Waals surface area contributed by atoms with Gasteiger partial charge in [0.2, 0.25) is 5.13 Å². The first-order valence-electron chi connectivity index (χ1n) is 8.85. The van der Waals surface area contributed by atoms with Crippen LogP contribution in [0.3, 0.4) is 0 Å². The number of anilines is 1. The van der Waals surface area contributed by atoms with Crippen LogP contribution in [0, 0.1) is 5.92 Å². The van der Waals surface area contributed by atoms with Gasteiger partial charge < -0.3 is 4.90 Å².